The summed E-state index contributed by atoms with van der Waals surface area (Å²) in [6.45, 7) is 6.78. The van der Waals surface area contributed by atoms with Gasteiger partial charge in [0, 0.05) is 31.6 Å². The summed E-state index contributed by atoms with van der Waals surface area (Å²) in [5, 5.41) is 5.60. The van der Waals surface area contributed by atoms with Gasteiger partial charge in [0.05, 0.1) is 11.3 Å². The van der Waals surface area contributed by atoms with Crippen molar-refractivity contribution in [2.45, 2.75) is 65.3 Å². The molecule has 0 aromatic heterocycles. The lowest BCUT2D eigenvalue weighted by Crippen LogP contribution is -2.49. The summed E-state index contributed by atoms with van der Waals surface area (Å²) in [6, 6.07) is 5.34. The van der Waals surface area contributed by atoms with Crippen LogP contribution < -0.4 is 10.6 Å². The Morgan fingerprint density at radius 2 is 1.83 bits per heavy atom. The molecule has 2 fully saturated rings. The number of rotatable bonds is 5. The lowest BCUT2D eigenvalue weighted by Gasteiger charge is -2.44. The molecule has 0 bridgehead atoms. The van der Waals surface area contributed by atoms with Gasteiger partial charge in [0.15, 0.2) is 0 Å². The van der Waals surface area contributed by atoms with Gasteiger partial charge in [-0.25, -0.2) is 0 Å². The van der Waals surface area contributed by atoms with Crippen molar-refractivity contribution >= 4 is 23.4 Å². The third-order valence-corrected chi connectivity index (χ3v) is 6.00. The Bertz CT molecular complexity index is 773. The van der Waals surface area contributed by atoms with E-state index >= 15 is 0 Å². The largest absolute Gasteiger partial charge is 0.352 e. The Hall–Kier alpha value is -2.37. The number of carbonyl (C=O) groups excluding carboxylic acids is 3. The first-order valence-corrected chi connectivity index (χ1v) is 10.9. The van der Waals surface area contributed by atoms with Gasteiger partial charge in [0.25, 0.3) is 11.8 Å². The van der Waals surface area contributed by atoms with Crippen LogP contribution in [-0.2, 0) is 4.79 Å². The summed E-state index contributed by atoms with van der Waals surface area (Å²) >= 11 is 0. The molecule has 1 aliphatic carbocycles. The SMILES string of the molecule is CC(=O)Nc1cc(C(=O)N2CCC[C@@H]3CCCC[C@H]32)ccc1C(=O)NCC(C)C. The van der Waals surface area contributed by atoms with Crippen molar-refractivity contribution < 1.29 is 14.4 Å². The summed E-state index contributed by atoms with van der Waals surface area (Å²) in [6.07, 6.45) is 6.97. The predicted molar refractivity (Wildman–Crippen MR) is 114 cm³/mol. The first-order valence-electron chi connectivity index (χ1n) is 10.9. The van der Waals surface area contributed by atoms with Gasteiger partial charge in [-0.3, -0.25) is 14.4 Å². The fraction of sp³-hybridized carbons (Fsp3) is 0.609. The Morgan fingerprint density at radius 3 is 2.55 bits per heavy atom. The fourth-order valence-electron chi connectivity index (χ4n) is 4.60. The van der Waals surface area contributed by atoms with Crippen molar-refractivity contribution in [1.29, 1.82) is 0 Å². The number of amides is 3. The van der Waals surface area contributed by atoms with E-state index < -0.39 is 0 Å². The molecular weight excluding hydrogens is 366 g/mol. The highest BCUT2D eigenvalue weighted by Gasteiger charge is 2.36. The molecule has 0 radical (unpaired) electrons. The molecule has 2 aliphatic rings. The van der Waals surface area contributed by atoms with Gasteiger partial charge in [0.2, 0.25) is 5.91 Å². The van der Waals surface area contributed by atoms with Crippen LogP contribution >= 0.6 is 0 Å². The number of carbonyl (C=O) groups is 3. The minimum absolute atomic E-state index is 0.00217. The van der Waals surface area contributed by atoms with E-state index in [4.69, 9.17) is 0 Å². The zero-order valence-electron chi connectivity index (χ0n) is 17.8. The van der Waals surface area contributed by atoms with Crippen LogP contribution in [0.25, 0.3) is 0 Å². The van der Waals surface area contributed by atoms with Crippen molar-refractivity contribution in [1.82, 2.24) is 10.2 Å². The molecule has 6 heteroatoms. The molecule has 2 N–H and O–H groups in total. The number of nitrogens with one attached hydrogen (secondary N) is 2. The Labute approximate surface area is 173 Å². The highest BCUT2D eigenvalue weighted by molar-refractivity contribution is 6.05. The second kappa shape index (κ2) is 9.42. The monoisotopic (exact) mass is 399 g/mol. The number of piperidine rings is 1. The maximum absolute atomic E-state index is 13.3. The first-order chi connectivity index (χ1) is 13.9. The third kappa shape index (κ3) is 5.17. The number of benzene rings is 1. The lowest BCUT2D eigenvalue weighted by atomic mass is 9.78. The van der Waals surface area contributed by atoms with Gasteiger partial charge in [-0.1, -0.05) is 26.7 Å². The van der Waals surface area contributed by atoms with Crippen molar-refractivity contribution in [2.75, 3.05) is 18.4 Å². The zero-order valence-corrected chi connectivity index (χ0v) is 17.8. The van der Waals surface area contributed by atoms with Gasteiger partial charge in [0.1, 0.15) is 0 Å². The van der Waals surface area contributed by atoms with E-state index in [0.717, 1.165) is 19.4 Å². The molecule has 0 unspecified atom stereocenters. The van der Waals surface area contributed by atoms with E-state index in [1.807, 2.05) is 18.7 Å². The topological polar surface area (TPSA) is 78.5 Å². The fourth-order valence-corrected chi connectivity index (χ4v) is 4.60. The van der Waals surface area contributed by atoms with Gasteiger partial charge in [-0.2, -0.15) is 0 Å². The second-order valence-corrected chi connectivity index (χ2v) is 8.80. The van der Waals surface area contributed by atoms with Crippen molar-refractivity contribution in [3.63, 3.8) is 0 Å². The lowest BCUT2D eigenvalue weighted by molar-refractivity contribution is -0.114. The van der Waals surface area contributed by atoms with E-state index in [2.05, 4.69) is 10.6 Å². The molecular formula is C23H33N3O3. The highest BCUT2D eigenvalue weighted by Crippen LogP contribution is 2.36. The Kier molecular flexibility index (Phi) is 6.93. The number of hydrogen-bond acceptors (Lipinski definition) is 3. The molecule has 1 aliphatic heterocycles. The van der Waals surface area contributed by atoms with Crippen LogP contribution in [0.4, 0.5) is 5.69 Å². The minimum Gasteiger partial charge on any atom is -0.352 e. The van der Waals surface area contributed by atoms with E-state index in [9.17, 15) is 14.4 Å². The smallest absolute Gasteiger partial charge is 0.254 e. The van der Waals surface area contributed by atoms with Crippen molar-refractivity contribution in [3.8, 4) is 0 Å². The molecule has 3 rings (SSSR count). The summed E-state index contributed by atoms with van der Waals surface area (Å²) in [5.74, 6) is 0.427. The molecule has 1 aromatic rings. The number of fused-ring (bicyclic) bond motifs is 1. The Morgan fingerprint density at radius 1 is 1.10 bits per heavy atom. The minimum atomic E-state index is -0.266. The maximum atomic E-state index is 13.3. The van der Waals surface area contributed by atoms with Gasteiger partial charge < -0.3 is 15.5 Å². The Balaban J connectivity index is 1.84. The van der Waals surface area contributed by atoms with Crippen LogP contribution in [0.3, 0.4) is 0 Å². The number of anilines is 1. The summed E-state index contributed by atoms with van der Waals surface area (Å²) in [7, 11) is 0. The standard InChI is InChI=1S/C23H33N3O3/c1-15(2)14-24-22(28)19-11-10-18(13-20(19)25-16(3)27)23(29)26-12-6-8-17-7-4-5-9-21(17)26/h10-11,13,15,17,21H,4-9,12,14H2,1-3H3,(H,24,28)(H,25,27)/t17-,21+/m0/s1. The third-order valence-electron chi connectivity index (χ3n) is 6.00. The molecule has 3 amide bonds. The molecule has 29 heavy (non-hydrogen) atoms. The van der Waals surface area contributed by atoms with Crippen molar-refractivity contribution in [2.24, 2.45) is 11.8 Å². The van der Waals surface area contributed by atoms with E-state index in [1.54, 1.807) is 18.2 Å². The molecule has 1 saturated heterocycles. The number of nitrogens with zero attached hydrogens (tertiary/aromatic N) is 1. The average molecular weight is 400 g/mol. The molecule has 2 atom stereocenters. The highest BCUT2D eigenvalue weighted by atomic mass is 16.2. The van der Waals surface area contributed by atoms with Crippen LogP contribution in [0.15, 0.2) is 18.2 Å². The van der Waals surface area contributed by atoms with Gasteiger partial charge >= 0.3 is 0 Å². The van der Waals surface area contributed by atoms with Crippen LogP contribution in [0.2, 0.25) is 0 Å². The number of likely N-dealkylation sites (tertiary alicyclic amines) is 1. The second-order valence-electron chi connectivity index (χ2n) is 8.80. The molecule has 1 saturated carbocycles. The van der Waals surface area contributed by atoms with Crippen LogP contribution in [0.5, 0.6) is 0 Å². The normalized spacial score (nSPS) is 21.4. The van der Waals surface area contributed by atoms with E-state index in [0.29, 0.717) is 41.2 Å². The molecule has 0 spiro atoms. The summed E-state index contributed by atoms with van der Waals surface area (Å²) in [5.41, 5.74) is 1.30. The number of hydrogen-bond donors (Lipinski definition) is 2. The summed E-state index contributed by atoms with van der Waals surface area (Å²) in [4.78, 5) is 39.6. The maximum Gasteiger partial charge on any atom is 0.254 e. The average Bonchev–Trinajstić information content (AvgIpc) is 2.70. The van der Waals surface area contributed by atoms with E-state index in [1.165, 1.54) is 32.6 Å². The van der Waals surface area contributed by atoms with Crippen molar-refractivity contribution in [3.05, 3.63) is 29.3 Å². The van der Waals surface area contributed by atoms with Gasteiger partial charge in [-0.15, -0.1) is 0 Å². The molecule has 158 valence electrons. The molecule has 6 nitrogen and oxygen atoms in total. The van der Waals surface area contributed by atoms with E-state index in [-0.39, 0.29) is 17.7 Å². The first kappa shape index (κ1) is 21.3. The van der Waals surface area contributed by atoms with Crippen LogP contribution in [0, 0.1) is 11.8 Å². The quantitative estimate of drug-likeness (QED) is 0.790. The van der Waals surface area contributed by atoms with Crippen LogP contribution in [-0.4, -0.2) is 41.8 Å². The zero-order chi connectivity index (χ0) is 21.0. The molecule has 1 heterocycles. The predicted octanol–water partition coefficient (Wildman–Crippen LogP) is 3.83. The van der Waals surface area contributed by atoms with Crippen LogP contribution in [0.1, 0.15) is 80.0 Å². The van der Waals surface area contributed by atoms with Gasteiger partial charge in [-0.05, 0) is 55.7 Å². The summed E-state index contributed by atoms with van der Waals surface area (Å²) < 4.78 is 0. The molecule has 1 aromatic carbocycles.